The molecule has 1 saturated carbocycles. The third-order valence-corrected chi connectivity index (χ3v) is 5.42. The van der Waals surface area contributed by atoms with Crippen molar-refractivity contribution in [1.82, 2.24) is 9.71 Å². The van der Waals surface area contributed by atoms with E-state index < -0.39 is 10.0 Å². The Balaban J connectivity index is 1.94. The maximum atomic E-state index is 12.3. The number of hydrogen-bond acceptors (Lipinski definition) is 4. The van der Waals surface area contributed by atoms with Gasteiger partial charge in [0.25, 0.3) is 0 Å². The first-order valence-corrected chi connectivity index (χ1v) is 9.19. The Hall–Kier alpha value is -1.14. The number of nitrogens with zero attached hydrogens (tertiary/aromatic N) is 1. The highest BCUT2D eigenvalue weighted by Crippen LogP contribution is 2.28. The minimum atomic E-state index is -3.45. The zero-order chi connectivity index (χ0) is 15.3. The van der Waals surface area contributed by atoms with Crippen molar-refractivity contribution in [2.75, 3.05) is 18.4 Å². The molecule has 0 amide bonds. The molecule has 2 N–H and O–H groups in total. The number of rotatable bonds is 6. The molecule has 1 aliphatic rings. The van der Waals surface area contributed by atoms with E-state index in [1.54, 1.807) is 12.1 Å². The number of hydrogen-bond donors (Lipinski definition) is 2. The van der Waals surface area contributed by atoms with Crippen molar-refractivity contribution >= 4 is 15.8 Å². The SMILES string of the molecule is CCNc1ccc(S(=O)(=O)NCC2CCCC(C)C2)cn1. The van der Waals surface area contributed by atoms with Crippen LogP contribution in [0.5, 0.6) is 0 Å². The van der Waals surface area contributed by atoms with Crippen LogP contribution >= 0.6 is 0 Å². The minimum absolute atomic E-state index is 0.230. The van der Waals surface area contributed by atoms with Crippen molar-refractivity contribution in [2.45, 2.75) is 44.4 Å². The summed E-state index contributed by atoms with van der Waals surface area (Å²) >= 11 is 0. The second-order valence-corrected chi connectivity index (χ2v) is 7.67. The Morgan fingerprint density at radius 3 is 2.76 bits per heavy atom. The molecule has 1 heterocycles. The molecule has 0 saturated heterocycles. The normalized spacial score (nSPS) is 23.0. The Bertz CT molecular complexity index is 543. The second kappa shape index (κ2) is 7.22. The minimum Gasteiger partial charge on any atom is -0.370 e. The summed E-state index contributed by atoms with van der Waals surface area (Å²) in [5.41, 5.74) is 0. The molecule has 21 heavy (non-hydrogen) atoms. The van der Waals surface area contributed by atoms with Crippen molar-refractivity contribution in [2.24, 2.45) is 11.8 Å². The molecule has 5 nitrogen and oxygen atoms in total. The maximum absolute atomic E-state index is 12.3. The summed E-state index contributed by atoms with van der Waals surface area (Å²) in [5.74, 6) is 1.85. The number of anilines is 1. The fourth-order valence-corrected chi connectivity index (χ4v) is 3.94. The van der Waals surface area contributed by atoms with Crippen LogP contribution < -0.4 is 10.0 Å². The lowest BCUT2D eigenvalue weighted by Gasteiger charge is -2.26. The van der Waals surface area contributed by atoms with Crippen LogP contribution in [-0.2, 0) is 10.0 Å². The molecule has 6 heteroatoms. The molecule has 1 aromatic rings. The Morgan fingerprint density at radius 2 is 2.14 bits per heavy atom. The molecule has 1 aliphatic carbocycles. The Morgan fingerprint density at radius 1 is 1.33 bits per heavy atom. The van der Waals surface area contributed by atoms with Crippen molar-refractivity contribution in [1.29, 1.82) is 0 Å². The average Bonchev–Trinajstić information content (AvgIpc) is 2.46. The van der Waals surface area contributed by atoms with E-state index in [4.69, 9.17) is 0 Å². The number of sulfonamides is 1. The summed E-state index contributed by atoms with van der Waals surface area (Å²) in [4.78, 5) is 4.34. The van der Waals surface area contributed by atoms with E-state index in [-0.39, 0.29) is 4.90 Å². The molecule has 2 atom stereocenters. The van der Waals surface area contributed by atoms with Crippen molar-refractivity contribution in [3.8, 4) is 0 Å². The Labute approximate surface area is 127 Å². The van der Waals surface area contributed by atoms with Crippen LogP contribution in [0.15, 0.2) is 23.2 Å². The van der Waals surface area contributed by atoms with Crippen LogP contribution in [0.25, 0.3) is 0 Å². The van der Waals surface area contributed by atoms with Crippen molar-refractivity contribution in [3.05, 3.63) is 18.3 Å². The first-order chi connectivity index (χ1) is 10.0. The predicted octanol–water partition coefficient (Wildman–Crippen LogP) is 2.62. The van der Waals surface area contributed by atoms with E-state index in [0.29, 0.717) is 24.2 Å². The van der Waals surface area contributed by atoms with Crippen LogP contribution in [0.1, 0.15) is 39.5 Å². The molecule has 2 unspecified atom stereocenters. The molecule has 0 aromatic carbocycles. The number of nitrogens with one attached hydrogen (secondary N) is 2. The standard InChI is InChI=1S/C15H25N3O2S/c1-3-16-15-8-7-14(11-17-15)21(19,20)18-10-13-6-4-5-12(2)9-13/h7-8,11-13,18H,3-6,9-10H2,1-2H3,(H,16,17). The summed E-state index contributed by atoms with van der Waals surface area (Å²) in [6.45, 7) is 5.50. The van der Waals surface area contributed by atoms with Gasteiger partial charge in [-0.15, -0.1) is 0 Å². The van der Waals surface area contributed by atoms with E-state index in [9.17, 15) is 8.42 Å². The van der Waals surface area contributed by atoms with Gasteiger partial charge in [0.15, 0.2) is 0 Å². The third kappa shape index (κ3) is 4.68. The van der Waals surface area contributed by atoms with Gasteiger partial charge in [0.1, 0.15) is 10.7 Å². The highest BCUT2D eigenvalue weighted by atomic mass is 32.2. The van der Waals surface area contributed by atoms with Crippen LogP contribution in [-0.4, -0.2) is 26.5 Å². The summed E-state index contributed by atoms with van der Waals surface area (Å²) in [6.07, 6.45) is 6.10. The Kier molecular flexibility index (Phi) is 5.58. The largest absolute Gasteiger partial charge is 0.370 e. The fourth-order valence-electron chi connectivity index (χ4n) is 2.88. The molecular weight excluding hydrogens is 286 g/mol. The maximum Gasteiger partial charge on any atom is 0.242 e. The molecule has 0 spiro atoms. The van der Waals surface area contributed by atoms with Gasteiger partial charge >= 0.3 is 0 Å². The first kappa shape index (κ1) is 16.2. The van der Waals surface area contributed by atoms with Crippen LogP contribution in [0.4, 0.5) is 5.82 Å². The summed E-state index contributed by atoms with van der Waals surface area (Å²) in [7, 11) is -3.45. The molecule has 0 radical (unpaired) electrons. The lowest BCUT2D eigenvalue weighted by Crippen LogP contribution is -2.31. The third-order valence-electron chi connectivity index (χ3n) is 4.01. The molecular formula is C15H25N3O2S. The highest BCUT2D eigenvalue weighted by Gasteiger charge is 2.21. The van der Waals surface area contributed by atoms with Crippen LogP contribution in [0.2, 0.25) is 0 Å². The fraction of sp³-hybridized carbons (Fsp3) is 0.667. The van der Waals surface area contributed by atoms with Crippen LogP contribution in [0, 0.1) is 11.8 Å². The van der Waals surface area contributed by atoms with Gasteiger partial charge in [0.2, 0.25) is 10.0 Å². The van der Waals surface area contributed by atoms with E-state index in [0.717, 1.165) is 19.4 Å². The summed E-state index contributed by atoms with van der Waals surface area (Å²) in [5, 5.41) is 3.05. The smallest absolute Gasteiger partial charge is 0.242 e. The molecule has 2 rings (SSSR count). The number of aromatic nitrogens is 1. The van der Waals surface area contributed by atoms with E-state index >= 15 is 0 Å². The van der Waals surface area contributed by atoms with Crippen molar-refractivity contribution < 1.29 is 8.42 Å². The van der Waals surface area contributed by atoms with Gasteiger partial charge in [-0.05, 0) is 43.7 Å². The molecule has 0 aliphatic heterocycles. The van der Waals surface area contributed by atoms with Crippen molar-refractivity contribution in [3.63, 3.8) is 0 Å². The zero-order valence-electron chi connectivity index (χ0n) is 12.8. The second-order valence-electron chi connectivity index (χ2n) is 5.90. The lowest BCUT2D eigenvalue weighted by atomic mass is 9.83. The van der Waals surface area contributed by atoms with E-state index in [1.165, 1.54) is 19.0 Å². The van der Waals surface area contributed by atoms with E-state index in [1.807, 2.05) is 6.92 Å². The quantitative estimate of drug-likeness (QED) is 0.847. The number of pyridine rings is 1. The topological polar surface area (TPSA) is 71.1 Å². The average molecular weight is 311 g/mol. The summed E-state index contributed by atoms with van der Waals surface area (Å²) in [6, 6.07) is 3.29. The van der Waals surface area contributed by atoms with Gasteiger partial charge in [-0.3, -0.25) is 0 Å². The lowest BCUT2D eigenvalue weighted by molar-refractivity contribution is 0.283. The monoisotopic (exact) mass is 311 g/mol. The van der Waals surface area contributed by atoms with Gasteiger partial charge < -0.3 is 5.32 Å². The van der Waals surface area contributed by atoms with Crippen LogP contribution in [0.3, 0.4) is 0 Å². The zero-order valence-corrected chi connectivity index (χ0v) is 13.6. The molecule has 118 valence electrons. The predicted molar refractivity (Wildman–Crippen MR) is 84.7 cm³/mol. The molecule has 1 fully saturated rings. The summed E-state index contributed by atoms with van der Waals surface area (Å²) < 4.78 is 27.2. The van der Waals surface area contributed by atoms with Gasteiger partial charge in [-0.1, -0.05) is 19.8 Å². The first-order valence-electron chi connectivity index (χ1n) is 7.71. The molecule has 1 aromatic heterocycles. The highest BCUT2D eigenvalue weighted by molar-refractivity contribution is 7.89. The van der Waals surface area contributed by atoms with Gasteiger partial charge in [0, 0.05) is 19.3 Å². The molecule has 0 bridgehead atoms. The van der Waals surface area contributed by atoms with E-state index in [2.05, 4.69) is 21.9 Å². The van der Waals surface area contributed by atoms with Gasteiger partial charge in [-0.25, -0.2) is 18.1 Å². The van der Waals surface area contributed by atoms with Gasteiger partial charge in [0.05, 0.1) is 0 Å². The van der Waals surface area contributed by atoms with Gasteiger partial charge in [-0.2, -0.15) is 0 Å².